The number of benzene rings is 2. The quantitative estimate of drug-likeness (QED) is 0.487. The number of aromatic amines is 1. The number of nitrogens with zero attached hydrogens (tertiary/aromatic N) is 1. The number of hydrogen-bond acceptors (Lipinski definition) is 2. The average Bonchev–Trinajstić information content (AvgIpc) is 3.13. The van der Waals surface area contributed by atoms with Gasteiger partial charge < -0.3 is 10.3 Å². The highest BCUT2D eigenvalue weighted by Crippen LogP contribution is 2.20. The maximum absolute atomic E-state index is 12.5. The summed E-state index contributed by atoms with van der Waals surface area (Å²) in [7, 11) is 0. The molecule has 3 aromatic rings. The normalized spacial score (nSPS) is 11.1. The van der Waals surface area contributed by atoms with Gasteiger partial charge in [0.1, 0.15) is 0 Å². The van der Waals surface area contributed by atoms with Crippen molar-refractivity contribution >= 4 is 16.8 Å². The van der Waals surface area contributed by atoms with Crippen molar-refractivity contribution in [2.75, 3.05) is 19.6 Å². The molecule has 0 fully saturated rings. The Bertz CT molecular complexity index is 956. The van der Waals surface area contributed by atoms with Crippen LogP contribution in [0.3, 0.4) is 0 Å². The predicted octanol–water partition coefficient (Wildman–Crippen LogP) is 4.85. The lowest BCUT2D eigenvalue weighted by Crippen LogP contribution is -2.26. The molecule has 1 amide bonds. The van der Waals surface area contributed by atoms with Crippen molar-refractivity contribution in [3.63, 3.8) is 0 Å². The van der Waals surface area contributed by atoms with Crippen LogP contribution in [-0.2, 0) is 13.0 Å². The van der Waals surface area contributed by atoms with Gasteiger partial charge in [-0.1, -0.05) is 36.8 Å². The second kappa shape index (κ2) is 10.1. The zero-order valence-electron chi connectivity index (χ0n) is 17.5. The molecule has 4 heteroatoms. The molecule has 2 aromatic carbocycles. The molecule has 0 unspecified atom stereocenters. The number of nitrogens with one attached hydrogen (secondary N) is 2. The van der Waals surface area contributed by atoms with Crippen molar-refractivity contribution in [3.8, 4) is 0 Å². The molecule has 1 aromatic heterocycles. The van der Waals surface area contributed by atoms with E-state index in [1.165, 1.54) is 22.1 Å². The van der Waals surface area contributed by atoms with Gasteiger partial charge in [-0.15, -0.1) is 6.58 Å². The van der Waals surface area contributed by atoms with E-state index in [0.717, 1.165) is 38.0 Å². The van der Waals surface area contributed by atoms with Crippen LogP contribution in [-0.4, -0.2) is 35.4 Å². The molecule has 3 rings (SSSR count). The number of carbonyl (C=O) groups is 1. The second-order valence-electron chi connectivity index (χ2n) is 7.51. The highest BCUT2D eigenvalue weighted by molar-refractivity contribution is 5.94. The molecule has 0 aliphatic heterocycles. The molecule has 4 nitrogen and oxygen atoms in total. The minimum Gasteiger partial charge on any atom is -0.361 e. The summed E-state index contributed by atoms with van der Waals surface area (Å²) < 4.78 is 0. The number of rotatable bonds is 10. The average molecular weight is 390 g/mol. The van der Waals surface area contributed by atoms with E-state index in [1.807, 2.05) is 36.5 Å². The molecular formula is C25H31N3O. The first-order valence-corrected chi connectivity index (χ1v) is 10.4. The van der Waals surface area contributed by atoms with E-state index in [9.17, 15) is 4.79 Å². The van der Waals surface area contributed by atoms with Crippen LogP contribution >= 0.6 is 0 Å². The van der Waals surface area contributed by atoms with Crippen LogP contribution < -0.4 is 5.32 Å². The number of carbonyl (C=O) groups excluding carboxylic acids is 1. The summed E-state index contributed by atoms with van der Waals surface area (Å²) in [5.41, 5.74) is 5.55. The fraction of sp³-hybridized carbons (Fsp3) is 0.320. The molecule has 0 bridgehead atoms. The zero-order chi connectivity index (χ0) is 20.6. The Morgan fingerprint density at radius 2 is 2.00 bits per heavy atom. The van der Waals surface area contributed by atoms with Crippen molar-refractivity contribution in [2.24, 2.45) is 0 Å². The van der Waals surface area contributed by atoms with E-state index in [-0.39, 0.29) is 5.91 Å². The van der Waals surface area contributed by atoms with Crippen LogP contribution in [0.15, 0.2) is 61.3 Å². The van der Waals surface area contributed by atoms with E-state index in [4.69, 9.17) is 0 Å². The molecule has 152 valence electrons. The van der Waals surface area contributed by atoms with Crippen LogP contribution in [0, 0.1) is 6.92 Å². The summed E-state index contributed by atoms with van der Waals surface area (Å²) >= 11 is 0. The minimum atomic E-state index is -0.0217. The predicted molar refractivity (Wildman–Crippen MR) is 121 cm³/mol. The van der Waals surface area contributed by atoms with Crippen LogP contribution in [0.4, 0.5) is 0 Å². The van der Waals surface area contributed by atoms with E-state index < -0.39 is 0 Å². The number of H-pyrrole nitrogens is 1. The molecule has 0 aliphatic rings. The van der Waals surface area contributed by atoms with Crippen LogP contribution in [0.2, 0.25) is 0 Å². The van der Waals surface area contributed by atoms with Crippen molar-refractivity contribution in [3.05, 3.63) is 83.6 Å². The molecule has 1 heterocycles. The maximum Gasteiger partial charge on any atom is 0.251 e. The Labute approximate surface area is 173 Å². The largest absolute Gasteiger partial charge is 0.361 e. The number of aromatic nitrogens is 1. The van der Waals surface area contributed by atoms with Crippen LogP contribution in [0.1, 0.15) is 40.4 Å². The van der Waals surface area contributed by atoms with Gasteiger partial charge in [-0.05, 0) is 61.7 Å². The summed E-state index contributed by atoms with van der Waals surface area (Å²) in [5.74, 6) is -0.0217. The van der Waals surface area contributed by atoms with Crippen molar-refractivity contribution < 1.29 is 4.79 Å². The number of hydrogen-bond donors (Lipinski definition) is 2. The van der Waals surface area contributed by atoms with Gasteiger partial charge in [0.05, 0.1) is 0 Å². The van der Waals surface area contributed by atoms with E-state index in [2.05, 4.69) is 53.8 Å². The number of fused-ring (bicyclic) bond motifs is 1. The smallest absolute Gasteiger partial charge is 0.251 e. The molecule has 2 N–H and O–H groups in total. The molecule has 0 saturated heterocycles. The van der Waals surface area contributed by atoms with Gasteiger partial charge in [-0.3, -0.25) is 9.69 Å². The summed E-state index contributed by atoms with van der Waals surface area (Å²) in [6.45, 7) is 11.6. The fourth-order valence-corrected chi connectivity index (χ4v) is 3.55. The maximum atomic E-state index is 12.5. The van der Waals surface area contributed by atoms with Gasteiger partial charge in [0, 0.05) is 42.3 Å². The minimum absolute atomic E-state index is 0.0217. The molecular weight excluding hydrogens is 358 g/mol. The molecule has 0 spiro atoms. The van der Waals surface area contributed by atoms with Gasteiger partial charge in [-0.25, -0.2) is 0 Å². The molecule has 29 heavy (non-hydrogen) atoms. The summed E-state index contributed by atoms with van der Waals surface area (Å²) in [4.78, 5) is 18.2. The Morgan fingerprint density at radius 1 is 1.21 bits per heavy atom. The first-order chi connectivity index (χ1) is 14.1. The number of amides is 1. The Kier molecular flexibility index (Phi) is 7.25. The standard InChI is InChI=1S/C25H31N3O/c1-4-6-15-28(5-2)18-20-8-10-21(11-9-20)25(29)26-14-13-22-17-27-24-12-7-19(3)16-23(22)24/h4,7-12,16-17,27H,1,5-6,13-15,18H2,2-3H3,(H,26,29). The van der Waals surface area contributed by atoms with Crippen molar-refractivity contribution in [1.29, 1.82) is 0 Å². The zero-order valence-corrected chi connectivity index (χ0v) is 17.5. The van der Waals surface area contributed by atoms with Gasteiger partial charge in [0.2, 0.25) is 0 Å². The van der Waals surface area contributed by atoms with Gasteiger partial charge >= 0.3 is 0 Å². The van der Waals surface area contributed by atoms with Crippen molar-refractivity contribution in [2.45, 2.75) is 33.2 Å². The SMILES string of the molecule is C=CCCN(CC)Cc1ccc(C(=O)NCCc2c[nH]c3ccc(C)cc23)cc1. The topological polar surface area (TPSA) is 48.1 Å². The van der Waals surface area contributed by atoms with Gasteiger partial charge in [-0.2, -0.15) is 0 Å². The first-order valence-electron chi connectivity index (χ1n) is 10.4. The lowest BCUT2D eigenvalue weighted by molar-refractivity contribution is 0.0954. The van der Waals surface area contributed by atoms with Crippen LogP contribution in [0.25, 0.3) is 10.9 Å². The second-order valence-corrected chi connectivity index (χ2v) is 7.51. The lowest BCUT2D eigenvalue weighted by Gasteiger charge is -2.19. The summed E-state index contributed by atoms with van der Waals surface area (Å²) in [6.07, 6.45) is 5.79. The summed E-state index contributed by atoms with van der Waals surface area (Å²) in [6, 6.07) is 14.3. The summed E-state index contributed by atoms with van der Waals surface area (Å²) in [5, 5.41) is 4.28. The van der Waals surface area contributed by atoms with E-state index in [0.29, 0.717) is 12.1 Å². The first kappa shape index (κ1) is 20.9. The third-order valence-electron chi connectivity index (χ3n) is 5.32. The lowest BCUT2D eigenvalue weighted by atomic mass is 10.1. The van der Waals surface area contributed by atoms with E-state index in [1.54, 1.807) is 0 Å². The Balaban J connectivity index is 1.52. The van der Waals surface area contributed by atoms with Crippen LogP contribution in [0.5, 0.6) is 0 Å². The third-order valence-corrected chi connectivity index (χ3v) is 5.32. The monoisotopic (exact) mass is 389 g/mol. The fourth-order valence-electron chi connectivity index (χ4n) is 3.55. The van der Waals surface area contributed by atoms with Gasteiger partial charge in [0.25, 0.3) is 5.91 Å². The van der Waals surface area contributed by atoms with Crippen molar-refractivity contribution in [1.82, 2.24) is 15.2 Å². The molecule has 0 radical (unpaired) electrons. The van der Waals surface area contributed by atoms with Gasteiger partial charge in [0.15, 0.2) is 0 Å². The highest BCUT2D eigenvalue weighted by Gasteiger charge is 2.08. The Morgan fingerprint density at radius 3 is 2.72 bits per heavy atom. The van der Waals surface area contributed by atoms with E-state index >= 15 is 0 Å². The molecule has 0 aliphatic carbocycles. The molecule has 0 atom stereocenters. The third kappa shape index (κ3) is 5.58. The number of aryl methyl sites for hydroxylation is 1. The Hall–Kier alpha value is -2.85. The molecule has 0 saturated carbocycles. The highest BCUT2D eigenvalue weighted by atomic mass is 16.1.